The molecule has 3 rings (SSSR count). The predicted octanol–water partition coefficient (Wildman–Crippen LogP) is 3.34. The van der Waals surface area contributed by atoms with Crippen molar-refractivity contribution in [3.8, 4) is 11.5 Å². The maximum Gasteiger partial charge on any atom is 0.251 e. The van der Waals surface area contributed by atoms with Crippen LogP contribution in [0.2, 0.25) is 0 Å². The first-order valence-corrected chi connectivity index (χ1v) is 7.96. The zero-order valence-corrected chi connectivity index (χ0v) is 14.8. The molecule has 2 aromatic rings. The van der Waals surface area contributed by atoms with E-state index in [-0.39, 0.29) is 11.2 Å². The quantitative estimate of drug-likeness (QED) is 0.864. The number of aromatic nitrogens is 2. The number of furan rings is 1. The van der Waals surface area contributed by atoms with Gasteiger partial charge in [-0.25, -0.2) is 0 Å². The van der Waals surface area contributed by atoms with Gasteiger partial charge in [0.15, 0.2) is 0 Å². The van der Waals surface area contributed by atoms with E-state index in [9.17, 15) is 0 Å². The second-order valence-corrected chi connectivity index (χ2v) is 7.59. The first-order valence-electron chi connectivity index (χ1n) is 7.96. The monoisotopic (exact) mass is 319 g/mol. The SMILES string of the molecule is Cc1cc(-c2nnc(CN3CC(C)(C)OC(C)(C)C3)o2)c(C)o1. The first kappa shape index (κ1) is 16.2. The van der Waals surface area contributed by atoms with Gasteiger partial charge < -0.3 is 13.6 Å². The zero-order chi connectivity index (χ0) is 16.8. The maximum atomic E-state index is 6.10. The lowest BCUT2D eigenvalue weighted by Crippen LogP contribution is -2.56. The maximum absolute atomic E-state index is 6.10. The van der Waals surface area contributed by atoms with E-state index in [0.29, 0.717) is 18.3 Å². The van der Waals surface area contributed by atoms with E-state index in [0.717, 1.165) is 30.2 Å². The standard InChI is InChI=1S/C17H25N3O3/c1-11-7-13(12(2)21-11)15-19-18-14(22-15)8-20-9-16(3,4)23-17(5,6)10-20/h7H,8-10H2,1-6H3. The Hall–Kier alpha value is -1.66. The van der Waals surface area contributed by atoms with Crippen LogP contribution in [0.4, 0.5) is 0 Å². The highest BCUT2D eigenvalue weighted by Gasteiger charge is 2.38. The molecule has 0 spiro atoms. The van der Waals surface area contributed by atoms with Crippen LogP contribution in [0, 0.1) is 13.8 Å². The summed E-state index contributed by atoms with van der Waals surface area (Å²) in [5, 5.41) is 8.36. The van der Waals surface area contributed by atoms with E-state index < -0.39 is 0 Å². The normalized spacial score (nSPS) is 20.8. The molecule has 6 heteroatoms. The minimum absolute atomic E-state index is 0.192. The summed E-state index contributed by atoms with van der Waals surface area (Å²) in [5.74, 6) is 2.77. The number of rotatable bonds is 3. The average molecular weight is 319 g/mol. The van der Waals surface area contributed by atoms with Gasteiger partial charge in [0.1, 0.15) is 11.5 Å². The van der Waals surface area contributed by atoms with E-state index in [1.807, 2.05) is 19.9 Å². The molecule has 0 bridgehead atoms. The molecule has 0 aromatic carbocycles. The van der Waals surface area contributed by atoms with Gasteiger partial charge in [0.2, 0.25) is 5.89 Å². The van der Waals surface area contributed by atoms with Gasteiger partial charge in [0.05, 0.1) is 23.3 Å². The Kier molecular flexibility index (Phi) is 3.84. The van der Waals surface area contributed by atoms with E-state index in [1.165, 1.54) is 0 Å². The Morgan fingerprint density at radius 3 is 2.26 bits per heavy atom. The van der Waals surface area contributed by atoms with Crippen LogP contribution in [0.15, 0.2) is 14.9 Å². The molecule has 0 aliphatic carbocycles. The molecule has 1 saturated heterocycles. The number of morpholine rings is 1. The summed E-state index contributed by atoms with van der Waals surface area (Å²) in [5.41, 5.74) is 0.481. The van der Waals surface area contributed by atoms with Crippen LogP contribution in [0.25, 0.3) is 11.5 Å². The highest BCUT2D eigenvalue weighted by Crippen LogP contribution is 2.30. The number of nitrogens with zero attached hydrogens (tertiary/aromatic N) is 3. The lowest BCUT2D eigenvalue weighted by molar-refractivity contribution is -0.183. The fourth-order valence-electron chi connectivity index (χ4n) is 3.52. The highest BCUT2D eigenvalue weighted by molar-refractivity contribution is 5.55. The molecule has 0 unspecified atom stereocenters. The molecule has 3 heterocycles. The predicted molar refractivity (Wildman–Crippen MR) is 86.0 cm³/mol. The summed E-state index contributed by atoms with van der Waals surface area (Å²) in [4.78, 5) is 2.30. The molecule has 2 aromatic heterocycles. The molecule has 6 nitrogen and oxygen atoms in total. The number of hydrogen-bond acceptors (Lipinski definition) is 6. The number of aryl methyl sites for hydroxylation is 2. The highest BCUT2D eigenvalue weighted by atomic mass is 16.5. The second-order valence-electron chi connectivity index (χ2n) is 7.59. The van der Waals surface area contributed by atoms with Crippen molar-refractivity contribution in [1.82, 2.24) is 15.1 Å². The van der Waals surface area contributed by atoms with Crippen LogP contribution < -0.4 is 0 Å². The molecule has 0 radical (unpaired) electrons. The number of hydrogen-bond donors (Lipinski definition) is 0. The average Bonchev–Trinajstić information content (AvgIpc) is 2.91. The molecule has 1 aliphatic heterocycles. The van der Waals surface area contributed by atoms with Gasteiger partial charge >= 0.3 is 0 Å². The second kappa shape index (κ2) is 5.46. The van der Waals surface area contributed by atoms with E-state index in [1.54, 1.807) is 0 Å². The fraction of sp³-hybridized carbons (Fsp3) is 0.647. The molecular weight excluding hydrogens is 294 g/mol. The topological polar surface area (TPSA) is 64.5 Å². The molecule has 23 heavy (non-hydrogen) atoms. The van der Waals surface area contributed by atoms with Crippen molar-refractivity contribution in [2.45, 2.75) is 59.3 Å². The Bertz CT molecular complexity index is 684. The van der Waals surface area contributed by atoms with E-state index in [4.69, 9.17) is 13.6 Å². The van der Waals surface area contributed by atoms with Crippen LogP contribution in [0.5, 0.6) is 0 Å². The summed E-state index contributed by atoms with van der Waals surface area (Å²) in [6.07, 6.45) is 0. The Morgan fingerprint density at radius 1 is 1.04 bits per heavy atom. The summed E-state index contributed by atoms with van der Waals surface area (Å²) in [7, 11) is 0. The molecule has 0 saturated carbocycles. The molecule has 1 aliphatic rings. The van der Waals surface area contributed by atoms with E-state index in [2.05, 4.69) is 42.8 Å². The van der Waals surface area contributed by atoms with Crippen molar-refractivity contribution >= 4 is 0 Å². The third-order valence-corrected chi connectivity index (χ3v) is 3.86. The van der Waals surface area contributed by atoms with Crippen molar-refractivity contribution in [3.63, 3.8) is 0 Å². The minimum Gasteiger partial charge on any atom is -0.466 e. The summed E-state index contributed by atoms with van der Waals surface area (Å²) in [6, 6.07) is 1.92. The van der Waals surface area contributed by atoms with Gasteiger partial charge in [-0.2, -0.15) is 0 Å². The zero-order valence-electron chi connectivity index (χ0n) is 14.8. The first-order chi connectivity index (χ1) is 10.6. The molecule has 0 amide bonds. The van der Waals surface area contributed by atoms with Gasteiger partial charge in [0.25, 0.3) is 5.89 Å². The third-order valence-electron chi connectivity index (χ3n) is 3.86. The minimum atomic E-state index is -0.192. The van der Waals surface area contributed by atoms with Crippen molar-refractivity contribution in [1.29, 1.82) is 0 Å². The van der Waals surface area contributed by atoms with Gasteiger partial charge in [-0.05, 0) is 47.6 Å². The summed E-state index contributed by atoms with van der Waals surface area (Å²) < 4.78 is 17.5. The largest absolute Gasteiger partial charge is 0.466 e. The smallest absolute Gasteiger partial charge is 0.251 e. The van der Waals surface area contributed by atoms with Gasteiger partial charge in [-0.1, -0.05) is 0 Å². The van der Waals surface area contributed by atoms with Crippen LogP contribution in [-0.4, -0.2) is 39.4 Å². The van der Waals surface area contributed by atoms with Crippen molar-refractivity contribution in [3.05, 3.63) is 23.5 Å². The summed E-state index contributed by atoms with van der Waals surface area (Å²) in [6.45, 7) is 14.5. The van der Waals surface area contributed by atoms with Crippen molar-refractivity contribution in [2.24, 2.45) is 0 Å². The Balaban J connectivity index is 1.75. The van der Waals surface area contributed by atoms with E-state index >= 15 is 0 Å². The molecule has 126 valence electrons. The number of ether oxygens (including phenoxy) is 1. The lowest BCUT2D eigenvalue weighted by Gasteiger charge is -2.46. The van der Waals surface area contributed by atoms with Crippen LogP contribution in [-0.2, 0) is 11.3 Å². The van der Waals surface area contributed by atoms with Crippen molar-refractivity contribution in [2.75, 3.05) is 13.1 Å². The molecular formula is C17H25N3O3. The van der Waals surface area contributed by atoms with Crippen LogP contribution in [0.3, 0.4) is 0 Å². The lowest BCUT2D eigenvalue weighted by atomic mass is 9.99. The van der Waals surface area contributed by atoms with Gasteiger partial charge in [-0.3, -0.25) is 4.90 Å². The third kappa shape index (κ3) is 3.64. The fourth-order valence-corrected chi connectivity index (χ4v) is 3.52. The molecule has 0 atom stereocenters. The molecule has 0 N–H and O–H groups in total. The molecule has 1 fully saturated rings. The van der Waals surface area contributed by atoms with Crippen LogP contribution in [0.1, 0.15) is 45.1 Å². The van der Waals surface area contributed by atoms with Gasteiger partial charge in [-0.15, -0.1) is 10.2 Å². The summed E-state index contributed by atoms with van der Waals surface area (Å²) >= 11 is 0. The Morgan fingerprint density at radius 2 is 1.70 bits per heavy atom. The van der Waals surface area contributed by atoms with Crippen LogP contribution >= 0.6 is 0 Å². The van der Waals surface area contributed by atoms with Gasteiger partial charge in [0, 0.05) is 13.1 Å². The van der Waals surface area contributed by atoms with Crippen molar-refractivity contribution < 1.29 is 13.6 Å². The Labute approximate surface area is 136 Å².